The summed E-state index contributed by atoms with van der Waals surface area (Å²) in [5, 5.41) is 0.805. The van der Waals surface area contributed by atoms with Gasteiger partial charge in [-0.2, -0.15) is 0 Å². The van der Waals surface area contributed by atoms with Crippen LogP contribution in [0.25, 0.3) is 0 Å². The standard InChI is InChI=1S/C17H17BrCl2/c1-12-4-2-3-5-14(12)8-13(11-19)9-15-6-7-16(18)10-17(15)20/h2-7,10,13H,8-9,11H2,1H3. The minimum Gasteiger partial charge on any atom is -0.126 e. The topological polar surface area (TPSA) is 0 Å². The van der Waals surface area contributed by atoms with Crippen LogP contribution in [-0.4, -0.2) is 5.88 Å². The summed E-state index contributed by atoms with van der Waals surface area (Å²) >= 11 is 15.9. The van der Waals surface area contributed by atoms with Crippen LogP contribution in [-0.2, 0) is 12.8 Å². The van der Waals surface area contributed by atoms with Crippen molar-refractivity contribution < 1.29 is 0 Å². The first-order chi connectivity index (χ1) is 9.60. The summed E-state index contributed by atoms with van der Waals surface area (Å²) in [6, 6.07) is 14.5. The highest BCUT2D eigenvalue weighted by atomic mass is 79.9. The minimum absolute atomic E-state index is 0.399. The van der Waals surface area contributed by atoms with Crippen molar-refractivity contribution in [1.29, 1.82) is 0 Å². The molecule has 0 fully saturated rings. The molecule has 0 N–H and O–H groups in total. The van der Waals surface area contributed by atoms with E-state index in [-0.39, 0.29) is 0 Å². The molecule has 2 rings (SSSR count). The van der Waals surface area contributed by atoms with Crippen LogP contribution in [0.3, 0.4) is 0 Å². The van der Waals surface area contributed by atoms with Crippen LogP contribution in [0, 0.1) is 12.8 Å². The molecule has 0 bridgehead atoms. The molecular weight excluding hydrogens is 355 g/mol. The van der Waals surface area contributed by atoms with E-state index in [0.29, 0.717) is 11.8 Å². The van der Waals surface area contributed by atoms with Crippen molar-refractivity contribution in [3.05, 3.63) is 68.7 Å². The zero-order chi connectivity index (χ0) is 14.5. The van der Waals surface area contributed by atoms with E-state index in [1.165, 1.54) is 11.1 Å². The summed E-state index contributed by atoms with van der Waals surface area (Å²) < 4.78 is 1.01. The summed E-state index contributed by atoms with van der Waals surface area (Å²) in [5.41, 5.74) is 3.85. The first kappa shape index (κ1) is 15.9. The molecule has 3 heteroatoms. The average Bonchev–Trinajstić information content (AvgIpc) is 2.43. The van der Waals surface area contributed by atoms with Gasteiger partial charge in [-0.1, -0.05) is 57.9 Å². The molecule has 0 saturated heterocycles. The zero-order valence-electron chi connectivity index (χ0n) is 11.4. The number of aryl methyl sites for hydroxylation is 1. The Morgan fingerprint density at radius 1 is 1.05 bits per heavy atom. The van der Waals surface area contributed by atoms with Gasteiger partial charge in [0.05, 0.1) is 0 Å². The molecule has 2 aromatic carbocycles. The van der Waals surface area contributed by atoms with Crippen molar-refractivity contribution in [3.63, 3.8) is 0 Å². The Bertz CT molecular complexity index is 581. The largest absolute Gasteiger partial charge is 0.126 e. The third-order valence-corrected chi connectivity index (χ3v) is 4.79. The Morgan fingerprint density at radius 2 is 1.75 bits per heavy atom. The summed E-state index contributed by atoms with van der Waals surface area (Å²) in [6.07, 6.45) is 1.90. The van der Waals surface area contributed by atoms with Crippen LogP contribution in [0.5, 0.6) is 0 Å². The molecule has 0 radical (unpaired) electrons. The summed E-state index contributed by atoms with van der Waals surface area (Å²) in [4.78, 5) is 0. The molecule has 0 aliphatic heterocycles. The van der Waals surface area contributed by atoms with E-state index in [1.807, 2.05) is 12.1 Å². The Labute approximate surface area is 139 Å². The minimum atomic E-state index is 0.399. The lowest BCUT2D eigenvalue weighted by Gasteiger charge is -2.16. The zero-order valence-corrected chi connectivity index (χ0v) is 14.5. The number of halogens is 3. The smallest absolute Gasteiger partial charge is 0.0449 e. The predicted molar refractivity (Wildman–Crippen MR) is 91.9 cm³/mol. The molecule has 0 aromatic heterocycles. The van der Waals surface area contributed by atoms with Crippen molar-refractivity contribution in [2.45, 2.75) is 19.8 Å². The third kappa shape index (κ3) is 4.25. The molecule has 1 atom stereocenters. The predicted octanol–water partition coefficient (Wildman–Crippen LogP) is 6.05. The second-order valence-electron chi connectivity index (χ2n) is 5.09. The van der Waals surface area contributed by atoms with Crippen molar-refractivity contribution in [2.75, 3.05) is 5.88 Å². The Hall–Kier alpha value is -0.500. The van der Waals surface area contributed by atoms with Crippen LogP contribution < -0.4 is 0 Å². The first-order valence-corrected chi connectivity index (χ1v) is 8.35. The molecule has 0 spiro atoms. The van der Waals surface area contributed by atoms with Crippen LogP contribution in [0.1, 0.15) is 16.7 Å². The van der Waals surface area contributed by atoms with E-state index in [2.05, 4.69) is 53.2 Å². The Morgan fingerprint density at radius 3 is 2.40 bits per heavy atom. The van der Waals surface area contributed by atoms with Crippen molar-refractivity contribution >= 4 is 39.1 Å². The molecule has 0 saturated carbocycles. The SMILES string of the molecule is Cc1ccccc1CC(CCl)Cc1ccc(Br)cc1Cl. The molecule has 1 unspecified atom stereocenters. The molecule has 0 amide bonds. The Balaban J connectivity index is 2.11. The highest BCUT2D eigenvalue weighted by molar-refractivity contribution is 9.10. The normalized spacial score (nSPS) is 12.4. The summed E-state index contributed by atoms with van der Waals surface area (Å²) in [7, 11) is 0. The monoisotopic (exact) mass is 370 g/mol. The number of rotatable bonds is 5. The van der Waals surface area contributed by atoms with Crippen molar-refractivity contribution in [2.24, 2.45) is 5.92 Å². The van der Waals surface area contributed by atoms with Gasteiger partial charge in [-0.15, -0.1) is 11.6 Å². The van der Waals surface area contributed by atoms with Crippen molar-refractivity contribution in [3.8, 4) is 0 Å². The van der Waals surface area contributed by atoms with E-state index >= 15 is 0 Å². The number of hydrogen-bond donors (Lipinski definition) is 0. The van der Waals surface area contributed by atoms with Gasteiger partial charge in [-0.3, -0.25) is 0 Å². The summed E-state index contributed by atoms with van der Waals surface area (Å²) in [5.74, 6) is 1.04. The fourth-order valence-corrected chi connectivity index (χ4v) is 3.30. The molecule has 106 valence electrons. The molecule has 0 heterocycles. The lowest BCUT2D eigenvalue weighted by atomic mass is 9.92. The lowest BCUT2D eigenvalue weighted by Crippen LogP contribution is -2.11. The van der Waals surface area contributed by atoms with Gasteiger partial charge in [0.25, 0.3) is 0 Å². The molecule has 0 nitrogen and oxygen atoms in total. The van der Waals surface area contributed by atoms with E-state index in [9.17, 15) is 0 Å². The van der Waals surface area contributed by atoms with Gasteiger partial charge >= 0.3 is 0 Å². The van der Waals surface area contributed by atoms with E-state index in [1.54, 1.807) is 0 Å². The maximum Gasteiger partial charge on any atom is 0.0449 e. The Kier molecular flexibility index (Phi) is 5.95. The number of benzene rings is 2. The van der Waals surface area contributed by atoms with Gasteiger partial charge < -0.3 is 0 Å². The molecular formula is C17H17BrCl2. The van der Waals surface area contributed by atoms with E-state index in [4.69, 9.17) is 23.2 Å². The fraction of sp³-hybridized carbons (Fsp3) is 0.294. The highest BCUT2D eigenvalue weighted by Gasteiger charge is 2.13. The molecule has 2 aromatic rings. The quantitative estimate of drug-likeness (QED) is 0.561. The maximum absolute atomic E-state index is 6.29. The lowest BCUT2D eigenvalue weighted by molar-refractivity contribution is 0.582. The van der Waals surface area contributed by atoms with Gasteiger partial charge in [-0.05, 0) is 54.5 Å². The van der Waals surface area contributed by atoms with Gasteiger partial charge in [0, 0.05) is 15.4 Å². The van der Waals surface area contributed by atoms with Crippen LogP contribution in [0.2, 0.25) is 5.02 Å². The third-order valence-electron chi connectivity index (χ3n) is 3.51. The molecule has 0 aliphatic rings. The van der Waals surface area contributed by atoms with Gasteiger partial charge in [0.1, 0.15) is 0 Å². The van der Waals surface area contributed by atoms with Crippen molar-refractivity contribution in [1.82, 2.24) is 0 Å². The summed E-state index contributed by atoms with van der Waals surface area (Å²) in [6.45, 7) is 2.15. The molecule has 20 heavy (non-hydrogen) atoms. The number of alkyl halides is 1. The second kappa shape index (κ2) is 7.49. The van der Waals surface area contributed by atoms with Crippen LogP contribution in [0.4, 0.5) is 0 Å². The highest BCUT2D eigenvalue weighted by Crippen LogP contribution is 2.26. The fourth-order valence-electron chi connectivity index (χ4n) is 2.33. The van der Waals surface area contributed by atoms with E-state index in [0.717, 1.165) is 27.9 Å². The second-order valence-corrected chi connectivity index (χ2v) is 6.72. The average molecular weight is 372 g/mol. The van der Waals surface area contributed by atoms with Gasteiger partial charge in [-0.25, -0.2) is 0 Å². The van der Waals surface area contributed by atoms with Crippen LogP contribution >= 0.6 is 39.1 Å². The van der Waals surface area contributed by atoms with Crippen LogP contribution in [0.15, 0.2) is 46.9 Å². The van der Waals surface area contributed by atoms with E-state index < -0.39 is 0 Å². The first-order valence-electron chi connectivity index (χ1n) is 6.64. The maximum atomic E-state index is 6.29. The van der Waals surface area contributed by atoms with Gasteiger partial charge in [0.15, 0.2) is 0 Å². The molecule has 0 aliphatic carbocycles. The van der Waals surface area contributed by atoms with Gasteiger partial charge in [0.2, 0.25) is 0 Å². The number of hydrogen-bond acceptors (Lipinski definition) is 0.